The van der Waals surface area contributed by atoms with Gasteiger partial charge in [-0.3, -0.25) is 4.79 Å². The van der Waals surface area contributed by atoms with Crippen LogP contribution >= 0.6 is 11.6 Å². The highest BCUT2D eigenvalue weighted by Crippen LogP contribution is 2.36. The molecule has 9 nitrogen and oxygen atoms in total. The Hall–Kier alpha value is -4.37. The lowest BCUT2D eigenvalue weighted by Crippen LogP contribution is -2.21. The number of hydrogen-bond acceptors (Lipinski definition) is 7. The van der Waals surface area contributed by atoms with Crippen LogP contribution in [0.15, 0.2) is 58.4 Å². The fourth-order valence-corrected chi connectivity index (χ4v) is 4.54. The zero-order valence-electron chi connectivity index (χ0n) is 22.9. The average molecular weight is 564 g/mol. The first kappa shape index (κ1) is 28.6. The van der Waals surface area contributed by atoms with Gasteiger partial charge in [-0.25, -0.2) is 9.78 Å². The zero-order valence-corrected chi connectivity index (χ0v) is 23.7. The second-order valence-electron chi connectivity index (χ2n) is 9.32. The standard InChI is InChI=1S/C30H30ClN3O6/c1-6-39-25-11-18(4)23(14-22(25)17(2)3)29-33-24-10-8-7-9-21(24)30(37)34(29)32-15-19-12-20(31)13-26(38-5)28(19)40-16-27(35)36/h7-15,17H,6,16H2,1-5H3,(H,35,36). The van der Waals surface area contributed by atoms with Gasteiger partial charge in [0.05, 0.1) is 30.8 Å². The Balaban J connectivity index is 1.97. The van der Waals surface area contributed by atoms with Crippen LogP contribution < -0.4 is 19.8 Å². The van der Waals surface area contributed by atoms with E-state index in [0.717, 1.165) is 22.4 Å². The molecular weight excluding hydrogens is 534 g/mol. The Morgan fingerprint density at radius 2 is 1.90 bits per heavy atom. The number of carboxylic acid groups (broad SMARTS) is 1. The highest BCUT2D eigenvalue weighted by atomic mass is 35.5. The topological polar surface area (TPSA) is 112 Å². The molecule has 0 spiro atoms. The number of methoxy groups -OCH3 is 1. The fraction of sp³-hybridized carbons (Fsp3) is 0.267. The van der Waals surface area contributed by atoms with Crippen LogP contribution in [0.3, 0.4) is 0 Å². The molecule has 0 radical (unpaired) electrons. The summed E-state index contributed by atoms with van der Waals surface area (Å²) in [5, 5.41) is 14.4. The highest BCUT2D eigenvalue weighted by molar-refractivity contribution is 6.31. The molecule has 0 fully saturated rings. The molecule has 0 unspecified atom stereocenters. The minimum absolute atomic E-state index is 0.126. The molecule has 3 aromatic carbocycles. The van der Waals surface area contributed by atoms with E-state index in [1.807, 2.05) is 32.0 Å². The molecule has 0 aliphatic rings. The predicted molar refractivity (Wildman–Crippen MR) is 156 cm³/mol. The second kappa shape index (κ2) is 12.2. The van der Waals surface area contributed by atoms with Crippen molar-refractivity contribution in [3.8, 4) is 28.6 Å². The van der Waals surface area contributed by atoms with Crippen LogP contribution in [0.1, 0.15) is 43.4 Å². The Morgan fingerprint density at radius 1 is 1.15 bits per heavy atom. The number of hydrogen-bond donors (Lipinski definition) is 1. The van der Waals surface area contributed by atoms with Gasteiger partial charge in [0.2, 0.25) is 0 Å². The largest absolute Gasteiger partial charge is 0.494 e. The first-order chi connectivity index (χ1) is 19.1. The molecule has 0 bridgehead atoms. The van der Waals surface area contributed by atoms with Crippen LogP contribution in [0.25, 0.3) is 22.3 Å². The van der Waals surface area contributed by atoms with Crippen molar-refractivity contribution in [1.29, 1.82) is 0 Å². The van der Waals surface area contributed by atoms with Gasteiger partial charge in [-0.1, -0.05) is 37.6 Å². The maximum Gasteiger partial charge on any atom is 0.341 e. The van der Waals surface area contributed by atoms with E-state index in [1.165, 1.54) is 24.1 Å². The first-order valence-electron chi connectivity index (χ1n) is 12.7. The molecule has 0 aliphatic heterocycles. The third kappa shape index (κ3) is 5.94. The van der Waals surface area contributed by atoms with Crippen LogP contribution in [-0.4, -0.2) is 47.3 Å². The van der Waals surface area contributed by atoms with Gasteiger partial charge in [-0.05, 0) is 61.2 Å². The third-order valence-corrected chi connectivity index (χ3v) is 6.41. The summed E-state index contributed by atoms with van der Waals surface area (Å²) in [5.74, 6) is 0.457. The summed E-state index contributed by atoms with van der Waals surface area (Å²) in [6.45, 7) is 7.92. The number of ether oxygens (including phenoxy) is 3. The summed E-state index contributed by atoms with van der Waals surface area (Å²) in [6.07, 6.45) is 1.38. The number of halogens is 1. The van der Waals surface area contributed by atoms with Crippen molar-refractivity contribution < 1.29 is 24.1 Å². The molecule has 0 saturated carbocycles. The molecule has 0 aliphatic carbocycles. The van der Waals surface area contributed by atoms with Crippen molar-refractivity contribution in [3.05, 3.63) is 80.6 Å². The highest BCUT2D eigenvalue weighted by Gasteiger charge is 2.19. The van der Waals surface area contributed by atoms with Gasteiger partial charge in [0, 0.05) is 22.2 Å². The van der Waals surface area contributed by atoms with Crippen molar-refractivity contribution >= 4 is 34.7 Å². The van der Waals surface area contributed by atoms with E-state index in [4.69, 9.17) is 35.9 Å². The van der Waals surface area contributed by atoms with Crippen LogP contribution in [0.5, 0.6) is 17.2 Å². The van der Waals surface area contributed by atoms with Crippen LogP contribution in [0.4, 0.5) is 0 Å². The monoisotopic (exact) mass is 563 g/mol. The van der Waals surface area contributed by atoms with E-state index in [1.54, 1.807) is 24.3 Å². The maximum absolute atomic E-state index is 13.8. The molecule has 10 heteroatoms. The summed E-state index contributed by atoms with van der Waals surface area (Å²) in [4.78, 5) is 29.8. The predicted octanol–water partition coefficient (Wildman–Crippen LogP) is 5.90. The number of nitrogens with zero attached hydrogens (tertiary/aromatic N) is 3. The third-order valence-electron chi connectivity index (χ3n) is 6.19. The molecule has 0 amide bonds. The summed E-state index contributed by atoms with van der Waals surface area (Å²) in [7, 11) is 1.41. The van der Waals surface area contributed by atoms with E-state index in [9.17, 15) is 9.59 Å². The Bertz CT molecular complexity index is 1660. The molecule has 4 aromatic rings. The van der Waals surface area contributed by atoms with Crippen molar-refractivity contribution in [2.24, 2.45) is 5.10 Å². The zero-order chi connectivity index (χ0) is 29.0. The van der Waals surface area contributed by atoms with Gasteiger partial charge >= 0.3 is 5.97 Å². The average Bonchev–Trinajstić information content (AvgIpc) is 2.91. The van der Waals surface area contributed by atoms with Gasteiger partial charge in [-0.15, -0.1) is 0 Å². The molecular formula is C30H30ClN3O6. The van der Waals surface area contributed by atoms with Crippen LogP contribution in [0.2, 0.25) is 5.02 Å². The second-order valence-corrected chi connectivity index (χ2v) is 9.75. The molecule has 1 aromatic heterocycles. The van der Waals surface area contributed by atoms with Gasteiger partial charge < -0.3 is 19.3 Å². The van der Waals surface area contributed by atoms with Gasteiger partial charge in [0.1, 0.15) is 5.75 Å². The number of aliphatic carboxylic acids is 1. The summed E-state index contributed by atoms with van der Waals surface area (Å²) in [6, 6.07) is 14.0. The van der Waals surface area contributed by atoms with Gasteiger partial charge in [0.15, 0.2) is 23.9 Å². The molecule has 1 N–H and O–H groups in total. The van der Waals surface area contributed by atoms with Crippen LogP contribution in [0, 0.1) is 6.92 Å². The quantitative estimate of drug-likeness (QED) is 0.239. The van der Waals surface area contributed by atoms with E-state index in [-0.39, 0.29) is 23.0 Å². The van der Waals surface area contributed by atoms with E-state index in [2.05, 4.69) is 18.9 Å². The number of aryl methyl sites for hydroxylation is 1. The van der Waals surface area contributed by atoms with E-state index in [0.29, 0.717) is 33.9 Å². The summed E-state index contributed by atoms with van der Waals surface area (Å²) in [5.41, 5.74) is 3.03. The first-order valence-corrected chi connectivity index (χ1v) is 13.1. The number of fused-ring (bicyclic) bond motifs is 1. The van der Waals surface area contributed by atoms with Crippen molar-refractivity contribution in [2.75, 3.05) is 20.3 Å². The maximum atomic E-state index is 13.8. The summed E-state index contributed by atoms with van der Waals surface area (Å²) < 4.78 is 17.9. The SMILES string of the molecule is CCOc1cc(C)c(-c2nc3ccccc3c(=O)n2N=Cc2cc(Cl)cc(OC)c2OCC(=O)O)cc1C(C)C. The number of rotatable bonds is 10. The van der Waals surface area contributed by atoms with Crippen molar-refractivity contribution in [2.45, 2.75) is 33.6 Å². The molecule has 0 saturated heterocycles. The number of para-hydroxylation sites is 1. The number of aromatic nitrogens is 2. The normalized spacial score (nSPS) is 11.4. The lowest BCUT2D eigenvalue weighted by atomic mass is 9.96. The minimum Gasteiger partial charge on any atom is -0.494 e. The van der Waals surface area contributed by atoms with Crippen molar-refractivity contribution in [1.82, 2.24) is 9.66 Å². The van der Waals surface area contributed by atoms with Gasteiger partial charge in [-0.2, -0.15) is 9.78 Å². The van der Waals surface area contributed by atoms with Crippen molar-refractivity contribution in [3.63, 3.8) is 0 Å². The fourth-order valence-electron chi connectivity index (χ4n) is 4.32. The molecule has 1 heterocycles. The molecule has 4 rings (SSSR count). The molecule has 40 heavy (non-hydrogen) atoms. The smallest absolute Gasteiger partial charge is 0.341 e. The lowest BCUT2D eigenvalue weighted by Gasteiger charge is -2.18. The van der Waals surface area contributed by atoms with Gasteiger partial charge in [0.25, 0.3) is 5.56 Å². The summed E-state index contributed by atoms with van der Waals surface area (Å²) >= 11 is 6.28. The lowest BCUT2D eigenvalue weighted by molar-refractivity contribution is -0.139. The van der Waals surface area contributed by atoms with E-state index >= 15 is 0 Å². The number of carbonyl (C=O) groups is 1. The molecule has 208 valence electrons. The van der Waals surface area contributed by atoms with E-state index < -0.39 is 12.6 Å². The Kier molecular flexibility index (Phi) is 8.74. The Morgan fingerprint density at radius 3 is 2.58 bits per heavy atom. The number of benzene rings is 3. The van der Waals surface area contributed by atoms with Crippen LogP contribution in [-0.2, 0) is 4.79 Å². The number of carboxylic acids is 1. The minimum atomic E-state index is -1.16. The Labute approximate surface area is 236 Å². The molecule has 0 atom stereocenters.